The second-order valence-corrected chi connectivity index (χ2v) is 12.2. The van der Waals surface area contributed by atoms with Gasteiger partial charge in [-0.15, -0.1) is 11.3 Å². The molecular weight excluding hydrogens is 580 g/mol. The number of halogens is 1. The molecule has 0 saturated carbocycles. The highest BCUT2D eigenvalue weighted by molar-refractivity contribution is 7.86. The molecule has 4 rings (SSSR count). The fourth-order valence-corrected chi connectivity index (χ4v) is 5.76. The van der Waals surface area contributed by atoms with Crippen LogP contribution in [0, 0.1) is 6.92 Å². The van der Waals surface area contributed by atoms with Gasteiger partial charge in [0.1, 0.15) is 19.3 Å². The van der Waals surface area contributed by atoms with Crippen LogP contribution in [0.25, 0.3) is 0 Å². The van der Waals surface area contributed by atoms with Gasteiger partial charge in [-0.3, -0.25) is 19.1 Å². The monoisotopic (exact) mass is 606 g/mol. The predicted octanol–water partition coefficient (Wildman–Crippen LogP) is 5.06. The zero-order valence-electron chi connectivity index (χ0n) is 21.5. The van der Waals surface area contributed by atoms with E-state index in [4.69, 9.17) is 25.3 Å². The Kier molecular flexibility index (Phi) is 9.93. The van der Waals surface area contributed by atoms with Crippen LogP contribution < -0.4 is 10.2 Å². The molecule has 1 N–H and O–H groups in total. The summed E-state index contributed by atoms with van der Waals surface area (Å²) in [5.41, 5.74) is 1.94. The second kappa shape index (κ2) is 13.4. The van der Waals surface area contributed by atoms with Crippen LogP contribution in [0.2, 0.25) is 4.34 Å². The van der Waals surface area contributed by atoms with Crippen LogP contribution in [-0.2, 0) is 28.6 Å². The van der Waals surface area contributed by atoms with Crippen LogP contribution in [0.5, 0.6) is 0 Å². The largest absolute Gasteiger partial charge is 0.443 e. The third kappa shape index (κ3) is 8.12. The quantitative estimate of drug-likeness (QED) is 0.237. The number of ketones is 1. The molecule has 1 aromatic heterocycles. The molecule has 1 aliphatic heterocycles. The van der Waals surface area contributed by atoms with Crippen LogP contribution in [-0.4, -0.2) is 58.7 Å². The van der Waals surface area contributed by atoms with Crippen LogP contribution in [0.1, 0.15) is 28.1 Å². The zero-order chi connectivity index (χ0) is 28.7. The number of morpholine rings is 1. The van der Waals surface area contributed by atoms with Gasteiger partial charge < -0.3 is 14.4 Å². The van der Waals surface area contributed by atoms with Crippen molar-refractivity contribution in [2.75, 3.05) is 36.6 Å². The summed E-state index contributed by atoms with van der Waals surface area (Å²) >= 11 is 7.05. The highest BCUT2D eigenvalue weighted by Gasteiger charge is 2.24. The van der Waals surface area contributed by atoms with Crippen molar-refractivity contribution in [2.45, 2.75) is 30.8 Å². The molecule has 40 heavy (non-hydrogen) atoms. The first-order chi connectivity index (χ1) is 19.1. The molecule has 13 heteroatoms. The van der Waals surface area contributed by atoms with E-state index in [0.29, 0.717) is 33.7 Å². The van der Waals surface area contributed by atoms with Crippen LogP contribution in [0.15, 0.2) is 65.6 Å². The summed E-state index contributed by atoms with van der Waals surface area (Å²) in [5, 5.41) is 2.58. The lowest BCUT2D eigenvalue weighted by Crippen LogP contribution is -2.41. The molecule has 1 atom stereocenters. The number of benzene rings is 2. The van der Waals surface area contributed by atoms with Crippen molar-refractivity contribution >= 4 is 62.2 Å². The molecule has 2 aromatic carbocycles. The normalized spacial score (nSPS) is 14.6. The third-order valence-corrected chi connectivity index (χ3v) is 8.51. The maximum Gasteiger partial charge on any atom is 0.411 e. The second-order valence-electron chi connectivity index (χ2n) is 8.91. The Bertz CT molecular complexity index is 1460. The molecule has 2 amide bonds. The first-order valence-corrected chi connectivity index (χ1v) is 14.9. The van der Waals surface area contributed by atoms with Gasteiger partial charge in [0, 0.05) is 24.3 Å². The Morgan fingerprint density at radius 2 is 1.82 bits per heavy atom. The Morgan fingerprint density at radius 1 is 1.10 bits per heavy atom. The van der Waals surface area contributed by atoms with Crippen LogP contribution in [0.4, 0.5) is 16.2 Å². The van der Waals surface area contributed by atoms with Gasteiger partial charge in [0.25, 0.3) is 16.0 Å². The molecular formula is C27H27ClN2O8S2. The average Bonchev–Trinajstić information content (AvgIpc) is 3.37. The summed E-state index contributed by atoms with van der Waals surface area (Å²) < 4.78 is 41.6. The summed E-state index contributed by atoms with van der Waals surface area (Å²) in [4.78, 5) is 39.3. The summed E-state index contributed by atoms with van der Waals surface area (Å²) in [7, 11) is -4.13. The molecule has 0 spiro atoms. The Hall–Kier alpha value is -3.29. The summed E-state index contributed by atoms with van der Waals surface area (Å²) in [6.45, 7) is 2.21. The fraction of sp³-hybridized carbons (Fsp3) is 0.296. The number of hydrogen-bond acceptors (Lipinski definition) is 9. The van der Waals surface area contributed by atoms with Crippen LogP contribution >= 0.6 is 22.9 Å². The van der Waals surface area contributed by atoms with Crippen molar-refractivity contribution < 1.29 is 36.5 Å². The molecule has 3 aromatic rings. The van der Waals surface area contributed by atoms with E-state index in [0.717, 1.165) is 16.9 Å². The lowest BCUT2D eigenvalue weighted by atomic mass is 10.1. The number of nitrogens with zero attached hydrogens (tertiary/aromatic N) is 1. The molecule has 2 heterocycles. The van der Waals surface area contributed by atoms with Crippen molar-refractivity contribution in [1.82, 2.24) is 0 Å². The summed E-state index contributed by atoms with van der Waals surface area (Å²) in [5.74, 6) is -0.380. The van der Waals surface area contributed by atoms with E-state index in [1.54, 1.807) is 53.4 Å². The van der Waals surface area contributed by atoms with Crippen molar-refractivity contribution in [3.63, 3.8) is 0 Å². The Labute approximate surface area is 240 Å². The SMILES string of the molecule is Cc1ccc(S(=O)(=O)OC[C@H](CCC(=O)c2ccc(Cl)s2)OC(=O)Nc2ccc(N3CCOCC3=O)cc2)cc1. The molecule has 0 aliphatic carbocycles. The highest BCUT2D eigenvalue weighted by Crippen LogP contribution is 2.24. The minimum atomic E-state index is -4.13. The number of carbonyl (C=O) groups excluding carboxylic acids is 3. The number of hydrogen-bond donors (Lipinski definition) is 1. The van der Waals surface area contributed by atoms with E-state index in [1.807, 2.05) is 6.92 Å². The van der Waals surface area contributed by atoms with E-state index in [9.17, 15) is 22.8 Å². The van der Waals surface area contributed by atoms with Gasteiger partial charge in [-0.05, 0) is 61.9 Å². The van der Waals surface area contributed by atoms with Crippen molar-refractivity contribution in [1.29, 1.82) is 0 Å². The topological polar surface area (TPSA) is 128 Å². The number of amides is 2. The maximum absolute atomic E-state index is 12.7. The molecule has 0 radical (unpaired) electrons. The summed E-state index contributed by atoms with van der Waals surface area (Å²) in [6.07, 6.45) is -1.91. The lowest BCUT2D eigenvalue weighted by Gasteiger charge is -2.27. The van der Waals surface area contributed by atoms with Gasteiger partial charge in [-0.25, -0.2) is 4.79 Å². The number of aryl methyl sites for hydroxylation is 1. The molecule has 0 bridgehead atoms. The third-order valence-electron chi connectivity index (χ3n) is 5.95. The van der Waals surface area contributed by atoms with Crippen LogP contribution in [0.3, 0.4) is 0 Å². The van der Waals surface area contributed by atoms with Gasteiger partial charge in [0.2, 0.25) is 0 Å². The standard InChI is InChI=1S/C27H27ClN2O8S2/c1-18-2-9-22(10-3-18)40(34,35)37-16-21(8-11-23(31)24-12-13-25(28)39-24)38-27(33)29-19-4-6-20(7-5-19)30-14-15-36-17-26(30)32/h2-7,9-10,12-13,21H,8,11,14-17H2,1H3,(H,29,33)/t21-/m0/s1. The number of thiophene rings is 1. The van der Waals surface area contributed by atoms with E-state index in [2.05, 4.69) is 5.32 Å². The number of carbonyl (C=O) groups is 3. The van der Waals surface area contributed by atoms with Crippen molar-refractivity contribution in [2.24, 2.45) is 0 Å². The molecule has 212 valence electrons. The maximum atomic E-state index is 12.7. The van der Waals surface area contributed by atoms with E-state index < -0.39 is 28.9 Å². The Morgan fingerprint density at radius 3 is 2.48 bits per heavy atom. The van der Waals surface area contributed by atoms with Gasteiger partial charge in [-0.2, -0.15) is 8.42 Å². The average molecular weight is 607 g/mol. The van der Waals surface area contributed by atoms with Gasteiger partial charge in [0.15, 0.2) is 5.78 Å². The fourth-order valence-electron chi connectivity index (χ4n) is 3.81. The van der Waals surface area contributed by atoms with E-state index in [-0.39, 0.29) is 36.0 Å². The smallest absolute Gasteiger partial charge is 0.411 e. The first-order valence-electron chi connectivity index (χ1n) is 12.3. The first kappa shape index (κ1) is 29.7. The molecule has 10 nitrogen and oxygen atoms in total. The van der Waals surface area contributed by atoms with Gasteiger partial charge >= 0.3 is 6.09 Å². The minimum Gasteiger partial charge on any atom is -0.443 e. The number of nitrogens with one attached hydrogen (secondary N) is 1. The number of ether oxygens (including phenoxy) is 2. The highest BCUT2D eigenvalue weighted by atomic mass is 35.5. The molecule has 1 fully saturated rings. The zero-order valence-corrected chi connectivity index (χ0v) is 23.9. The minimum absolute atomic E-state index is 0.0114. The van der Waals surface area contributed by atoms with E-state index >= 15 is 0 Å². The molecule has 0 unspecified atom stereocenters. The van der Waals surface area contributed by atoms with Crippen molar-refractivity contribution in [3.8, 4) is 0 Å². The van der Waals surface area contributed by atoms with Gasteiger partial charge in [0.05, 0.1) is 20.7 Å². The van der Waals surface area contributed by atoms with E-state index in [1.165, 1.54) is 12.1 Å². The number of anilines is 2. The lowest BCUT2D eigenvalue weighted by molar-refractivity contribution is -0.125. The molecule has 1 saturated heterocycles. The van der Waals surface area contributed by atoms with Gasteiger partial charge in [-0.1, -0.05) is 29.3 Å². The van der Waals surface area contributed by atoms with Crippen molar-refractivity contribution in [3.05, 3.63) is 75.4 Å². The summed E-state index contributed by atoms with van der Waals surface area (Å²) in [6, 6.07) is 15.9. The number of rotatable bonds is 11. The molecule has 1 aliphatic rings. The number of Topliss-reactive ketones (excluding diaryl/α,β-unsaturated/α-hetero) is 1. The predicted molar refractivity (Wildman–Crippen MR) is 151 cm³/mol. The Balaban J connectivity index is 1.40.